The lowest BCUT2D eigenvalue weighted by Gasteiger charge is -2.37. The van der Waals surface area contributed by atoms with Gasteiger partial charge < -0.3 is 25.8 Å². The number of nitrogens with one attached hydrogen (secondary N) is 3. The molecule has 11 nitrogen and oxygen atoms in total. The SMILES string of the molecule is Cc1cc(Cl)cnc1NC(=O)C(=O)N[C@H]1CC[C@H](C(=O)N(C)C)C[C@H]1NC(=O)c1nc2c(s1)CN(C)CC2. The zero-order chi connectivity index (χ0) is 27.6. The maximum atomic E-state index is 13.2. The first-order valence-corrected chi connectivity index (χ1v) is 13.6. The van der Waals surface area contributed by atoms with Gasteiger partial charge in [-0.05, 0) is 44.9 Å². The molecule has 0 saturated heterocycles. The lowest BCUT2D eigenvalue weighted by molar-refractivity contribution is -0.137. The van der Waals surface area contributed by atoms with E-state index in [1.165, 1.54) is 22.4 Å². The number of hydrogen-bond donors (Lipinski definition) is 3. The summed E-state index contributed by atoms with van der Waals surface area (Å²) in [4.78, 5) is 64.7. The van der Waals surface area contributed by atoms with E-state index in [-0.39, 0.29) is 23.6 Å². The Morgan fingerprint density at radius 2 is 1.89 bits per heavy atom. The van der Waals surface area contributed by atoms with Crippen LogP contribution in [0.25, 0.3) is 0 Å². The van der Waals surface area contributed by atoms with Crippen LogP contribution in [0.3, 0.4) is 0 Å². The standard InChI is InChI=1S/C25H32ClN7O4S/c1-13-9-15(26)11-27-20(13)31-22(35)21(34)28-16-6-5-14(25(37)32(2)3)10-18(16)29-23(36)24-30-17-7-8-33(4)12-19(17)38-24/h9,11,14,16,18H,5-8,10,12H2,1-4H3,(H,28,34)(H,29,36)(H,27,31,35)/t14-,16-,18+/m0/s1. The maximum Gasteiger partial charge on any atom is 0.314 e. The average Bonchev–Trinajstić information content (AvgIpc) is 3.29. The summed E-state index contributed by atoms with van der Waals surface area (Å²) in [5, 5.41) is 9.02. The van der Waals surface area contributed by atoms with Crippen LogP contribution in [0.2, 0.25) is 5.02 Å². The fourth-order valence-corrected chi connectivity index (χ4v) is 6.12. The molecule has 3 atom stereocenters. The first kappa shape index (κ1) is 27.9. The molecule has 2 aliphatic rings. The Kier molecular flexibility index (Phi) is 8.64. The number of rotatable bonds is 5. The van der Waals surface area contributed by atoms with E-state index >= 15 is 0 Å². The van der Waals surface area contributed by atoms with E-state index in [0.29, 0.717) is 34.9 Å². The minimum atomic E-state index is -0.879. The van der Waals surface area contributed by atoms with E-state index in [4.69, 9.17) is 11.6 Å². The predicted octanol–water partition coefficient (Wildman–Crippen LogP) is 1.60. The van der Waals surface area contributed by atoms with Crippen LogP contribution in [0.4, 0.5) is 5.82 Å². The third kappa shape index (κ3) is 6.48. The van der Waals surface area contributed by atoms with Gasteiger partial charge in [0.15, 0.2) is 5.01 Å². The maximum absolute atomic E-state index is 13.2. The molecule has 1 fully saturated rings. The normalized spacial score (nSPS) is 21.2. The molecule has 0 radical (unpaired) electrons. The molecular weight excluding hydrogens is 530 g/mol. The molecule has 204 valence electrons. The number of nitrogens with zero attached hydrogens (tertiary/aromatic N) is 4. The van der Waals surface area contributed by atoms with Gasteiger partial charge in [-0.1, -0.05) is 11.6 Å². The van der Waals surface area contributed by atoms with Crippen molar-refractivity contribution in [1.82, 2.24) is 30.4 Å². The molecule has 0 unspecified atom stereocenters. The summed E-state index contributed by atoms with van der Waals surface area (Å²) < 4.78 is 0. The molecule has 0 spiro atoms. The van der Waals surface area contributed by atoms with E-state index in [1.807, 2.05) is 7.05 Å². The number of carbonyl (C=O) groups is 4. The first-order chi connectivity index (χ1) is 18.0. The summed E-state index contributed by atoms with van der Waals surface area (Å²) in [7, 11) is 5.41. The van der Waals surface area contributed by atoms with Crippen molar-refractivity contribution in [3.05, 3.63) is 38.4 Å². The highest BCUT2D eigenvalue weighted by atomic mass is 35.5. The smallest absolute Gasteiger partial charge is 0.314 e. The second-order valence-electron chi connectivity index (χ2n) is 10.1. The van der Waals surface area contributed by atoms with Crippen LogP contribution >= 0.6 is 22.9 Å². The third-order valence-corrected chi connectivity index (χ3v) is 8.16. The Hall–Kier alpha value is -3.09. The molecule has 1 aliphatic heterocycles. The van der Waals surface area contributed by atoms with Crippen molar-refractivity contribution in [3.63, 3.8) is 0 Å². The number of fused-ring (bicyclic) bond motifs is 1. The zero-order valence-corrected chi connectivity index (χ0v) is 23.4. The number of likely N-dealkylation sites (N-methyl/N-ethyl adjacent to an activating group) is 1. The molecule has 2 aromatic rings. The highest BCUT2D eigenvalue weighted by Crippen LogP contribution is 2.28. The molecule has 3 N–H and O–H groups in total. The summed E-state index contributed by atoms with van der Waals surface area (Å²) >= 11 is 7.28. The molecular formula is C25H32ClN7O4S. The Morgan fingerprint density at radius 3 is 2.61 bits per heavy atom. The van der Waals surface area contributed by atoms with Gasteiger partial charge in [0.1, 0.15) is 5.82 Å². The number of carbonyl (C=O) groups excluding carboxylic acids is 4. The molecule has 3 heterocycles. The zero-order valence-electron chi connectivity index (χ0n) is 21.8. The lowest BCUT2D eigenvalue weighted by Crippen LogP contribution is -2.57. The molecule has 1 aliphatic carbocycles. The van der Waals surface area contributed by atoms with Crippen LogP contribution in [0.15, 0.2) is 12.3 Å². The van der Waals surface area contributed by atoms with Crippen LogP contribution in [0.5, 0.6) is 0 Å². The second kappa shape index (κ2) is 11.7. The van der Waals surface area contributed by atoms with Gasteiger partial charge in [-0.3, -0.25) is 19.2 Å². The molecule has 0 aromatic carbocycles. The average molecular weight is 562 g/mol. The quantitative estimate of drug-likeness (QED) is 0.472. The second-order valence-corrected chi connectivity index (χ2v) is 11.6. The summed E-state index contributed by atoms with van der Waals surface area (Å²) in [6.45, 7) is 3.35. The number of amides is 4. The van der Waals surface area contributed by atoms with Crippen LogP contribution in [-0.4, -0.2) is 83.2 Å². The van der Waals surface area contributed by atoms with Gasteiger partial charge in [-0.25, -0.2) is 9.97 Å². The van der Waals surface area contributed by atoms with Gasteiger partial charge in [0, 0.05) is 56.6 Å². The number of pyridine rings is 1. The number of anilines is 1. The molecule has 4 amide bonds. The fraction of sp³-hybridized carbons (Fsp3) is 0.520. The number of aryl methyl sites for hydroxylation is 1. The van der Waals surface area contributed by atoms with Crippen LogP contribution in [-0.2, 0) is 27.3 Å². The highest BCUT2D eigenvalue weighted by Gasteiger charge is 2.37. The Bertz CT molecular complexity index is 1250. The summed E-state index contributed by atoms with van der Waals surface area (Å²) in [6, 6.07) is 0.537. The van der Waals surface area contributed by atoms with Crippen molar-refractivity contribution in [2.45, 2.75) is 51.2 Å². The Labute approximate surface area is 230 Å². The van der Waals surface area contributed by atoms with Gasteiger partial charge in [0.05, 0.1) is 16.8 Å². The minimum absolute atomic E-state index is 0.0381. The van der Waals surface area contributed by atoms with Crippen molar-refractivity contribution >= 4 is 52.4 Å². The van der Waals surface area contributed by atoms with Gasteiger partial charge >= 0.3 is 11.8 Å². The van der Waals surface area contributed by atoms with E-state index < -0.39 is 23.9 Å². The predicted molar refractivity (Wildman–Crippen MR) is 144 cm³/mol. The Morgan fingerprint density at radius 1 is 1.13 bits per heavy atom. The van der Waals surface area contributed by atoms with Crippen LogP contribution < -0.4 is 16.0 Å². The topological polar surface area (TPSA) is 137 Å². The van der Waals surface area contributed by atoms with Crippen molar-refractivity contribution in [1.29, 1.82) is 0 Å². The van der Waals surface area contributed by atoms with E-state index in [0.717, 1.165) is 30.1 Å². The van der Waals surface area contributed by atoms with Crippen molar-refractivity contribution < 1.29 is 19.2 Å². The van der Waals surface area contributed by atoms with E-state index in [1.54, 1.807) is 27.1 Å². The minimum Gasteiger partial charge on any atom is -0.349 e. The third-order valence-electron chi connectivity index (χ3n) is 6.87. The molecule has 2 aromatic heterocycles. The molecule has 13 heteroatoms. The van der Waals surface area contributed by atoms with Crippen molar-refractivity contribution in [2.24, 2.45) is 5.92 Å². The van der Waals surface area contributed by atoms with Gasteiger partial charge in [0.25, 0.3) is 5.91 Å². The fourth-order valence-electron chi connectivity index (χ4n) is 4.81. The van der Waals surface area contributed by atoms with Gasteiger partial charge in [-0.15, -0.1) is 11.3 Å². The highest BCUT2D eigenvalue weighted by molar-refractivity contribution is 7.13. The monoisotopic (exact) mass is 561 g/mol. The lowest BCUT2D eigenvalue weighted by atomic mass is 9.81. The van der Waals surface area contributed by atoms with E-state index in [2.05, 4.69) is 30.8 Å². The van der Waals surface area contributed by atoms with Gasteiger partial charge in [0.2, 0.25) is 5.91 Å². The molecule has 0 bridgehead atoms. The van der Waals surface area contributed by atoms with Crippen LogP contribution in [0.1, 0.15) is 45.2 Å². The number of thiazole rings is 1. The molecule has 38 heavy (non-hydrogen) atoms. The van der Waals surface area contributed by atoms with Crippen molar-refractivity contribution in [3.8, 4) is 0 Å². The van der Waals surface area contributed by atoms with Crippen molar-refractivity contribution in [2.75, 3.05) is 33.0 Å². The van der Waals surface area contributed by atoms with Crippen LogP contribution in [0, 0.1) is 12.8 Å². The van der Waals surface area contributed by atoms with E-state index in [9.17, 15) is 19.2 Å². The molecule has 4 rings (SSSR count). The number of hydrogen-bond acceptors (Lipinski definition) is 8. The number of aromatic nitrogens is 2. The number of halogens is 1. The summed E-state index contributed by atoms with van der Waals surface area (Å²) in [5.74, 6) is -2.19. The largest absolute Gasteiger partial charge is 0.349 e. The summed E-state index contributed by atoms with van der Waals surface area (Å²) in [5.41, 5.74) is 1.55. The first-order valence-electron chi connectivity index (χ1n) is 12.4. The Balaban J connectivity index is 1.46. The summed E-state index contributed by atoms with van der Waals surface area (Å²) in [6.07, 6.45) is 3.44. The van der Waals surface area contributed by atoms with Gasteiger partial charge in [-0.2, -0.15) is 0 Å². The molecule has 1 saturated carbocycles.